The van der Waals surface area contributed by atoms with Gasteiger partial charge in [0, 0.05) is 19.0 Å². The minimum absolute atomic E-state index is 0.636. The van der Waals surface area contributed by atoms with Gasteiger partial charge in [0.25, 0.3) is 0 Å². The number of guanidine groups is 1. The number of aryl methyl sites for hydroxylation is 1. The summed E-state index contributed by atoms with van der Waals surface area (Å²) >= 11 is 1.69. The minimum Gasteiger partial charge on any atom is -0.493 e. The monoisotopic (exact) mass is 348 g/mol. The Morgan fingerprint density at radius 2 is 1.92 bits per heavy atom. The van der Waals surface area contributed by atoms with Crippen molar-refractivity contribution < 1.29 is 9.47 Å². The summed E-state index contributed by atoms with van der Waals surface area (Å²) in [6, 6.07) is 5.84. The number of nitrogens with zero attached hydrogens (tertiary/aromatic N) is 2. The third-order valence-corrected chi connectivity index (χ3v) is 4.51. The maximum absolute atomic E-state index is 5.32. The van der Waals surface area contributed by atoms with Crippen molar-refractivity contribution in [1.82, 2.24) is 15.6 Å². The number of hydrogen-bond acceptors (Lipinski definition) is 5. The molecule has 130 valence electrons. The van der Waals surface area contributed by atoms with E-state index in [9.17, 15) is 0 Å². The molecule has 7 heteroatoms. The number of nitrogens with one attached hydrogen (secondary N) is 2. The van der Waals surface area contributed by atoms with Gasteiger partial charge in [-0.15, -0.1) is 11.3 Å². The lowest BCUT2D eigenvalue weighted by atomic mass is 10.2. The number of aliphatic imine (C=N–C) groups is 1. The molecule has 2 rings (SSSR count). The highest BCUT2D eigenvalue weighted by molar-refractivity contribution is 7.09. The molecule has 0 aliphatic heterocycles. The molecule has 0 spiro atoms. The molecule has 0 atom stereocenters. The Bertz CT molecular complexity index is 685. The van der Waals surface area contributed by atoms with Gasteiger partial charge < -0.3 is 20.1 Å². The molecule has 0 aliphatic rings. The van der Waals surface area contributed by atoms with Crippen LogP contribution >= 0.6 is 11.3 Å². The van der Waals surface area contributed by atoms with Crippen LogP contribution in [0, 0.1) is 0 Å². The number of thiazole rings is 1. The lowest BCUT2D eigenvalue weighted by molar-refractivity contribution is 0.354. The van der Waals surface area contributed by atoms with Crippen LogP contribution in [0.5, 0.6) is 11.5 Å². The van der Waals surface area contributed by atoms with Crippen LogP contribution in [0.4, 0.5) is 0 Å². The largest absolute Gasteiger partial charge is 0.493 e. The van der Waals surface area contributed by atoms with Crippen molar-refractivity contribution in [2.24, 2.45) is 4.99 Å². The van der Waals surface area contributed by atoms with Crippen molar-refractivity contribution in [2.45, 2.75) is 26.4 Å². The Morgan fingerprint density at radius 1 is 1.17 bits per heavy atom. The van der Waals surface area contributed by atoms with Gasteiger partial charge in [0.15, 0.2) is 17.5 Å². The smallest absolute Gasteiger partial charge is 0.191 e. The number of methoxy groups -OCH3 is 2. The molecule has 1 heterocycles. The van der Waals surface area contributed by atoms with Gasteiger partial charge >= 0.3 is 0 Å². The quantitative estimate of drug-likeness (QED) is 0.595. The van der Waals surface area contributed by atoms with Gasteiger partial charge in [-0.3, -0.25) is 4.99 Å². The van der Waals surface area contributed by atoms with E-state index in [-0.39, 0.29) is 0 Å². The summed E-state index contributed by atoms with van der Waals surface area (Å²) in [4.78, 5) is 8.77. The molecule has 1 aromatic heterocycles. The van der Waals surface area contributed by atoms with E-state index in [2.05, 4.69) is 32.9 Å². The molecule has 24 heavy (non-hydrogen) atoms. The van der Waals surface area contributed by atoms with Gasteiger partial charge in [-0.2, -0.15) is 0 Å². The molecule has 0 radical (unpaired) electrons. The number of hydrogen-bond donors (Lipinski definition) is 2. The average molecular weight is 348 g/mol. The minimum atomic E-state index is 0.636. The van der Waals surface area contributed by atoms with E-state index in [1.165, 1.54) is 0 Å². The standard InChI is InChI=1S/C17H24N4O2S/c1-5-16-21-13(11-24-16)10-20-17(18-2)19-9-12-6-7-14(22-3)15(8-12)23-4/h6-8,11H,5,9-10H2,1-4H3,(H2,18,19,20). The fraction of sp³-hybridized carbons (Fsp3) is 0.412. The number of aromatic nitrogens is 1. The average Bonchev–Trinajstić information content (AvgIpc) is 3.09. The highest BCUT2D eigenvalue weighted by atomic mass is 32.1. The predicted molar refractivity (Wildman–Crippen MR) is 98.1 cm³/mol. The molecule has 0 aliphatic carbocycles. The van der Waals surface area contributed by atoms with Crippen LogP contribution in [0.1, 0.15) is 23.2 Å². The van der Waals surface area contributed by atoms with Crippen LogP contribution in [0.2, 0.25) is 0 Å². The van der Waals surface area contributed by atoms with Crippen molar-refractivity contribution in [3.63, 3.8) is 0 Å². The van der Waals surface area contributed by atoms with Gasteiger partial charge in [0.2, 0.25) is 0 Å². The summed E-state index contributed by atoms with van der Waals surface area (Å²) in [6.45, 7) is 3.40. The van der Waals surface area contributed by atoms with Gasteiger partial charge in [0.05, 0.1) is 31.5 Å². The molecule has 0 bridgehead atoms. The van der Waals surface area contributed by atoms with E-state index in [1.54, 1.807) is 32.6 Å². The van der Waals surface area contributed by atoms with Crippen molar-refractivity contribution in [2.75, 3.05) is 21.3 Å². The molecule has 0 saturated heterocycles. The van der Waals surface area contributed by atoms with E-state index >= 15 is 0 Å². The van der Waals surface area contributed by atoms with Crippen LogP contribution in [0.15, 0.2) is 28.6 Å². The van der Waals surface area contributed by atoms with Crippen LogP contribution in [0.25, 0.3) is 0 Å². The second kappa shape index (κ2) is 9.12. The van der Waals surface area contributed by atoms with Gasteiger partial charge in [-0.25, -0.2) is 4.98 Å². The summed E-state index contributed by atoms with van der Waals surface area (Å²) in [5, 5.41) is 9.79. The lowest BCUT2D eigenvalue weighted by Gasteiger charge is -2.13. The highest BCUT2D eigenvalue weighted by Gasteiger charge is 2.06. The summed E-state index contributed by atoms with van der Waals surface area (Å²) in [5.41, 5.74) is 2.11. The summed E-state index contributed by atoms with van der Waals surface area (Å²) in [6.07, 6.45) is 0.969. The lowest BCUT2D eigenvalue weighted by Crippen LogP contribution is -2.36. The first kappa shape index (κ1) is 18.1. The fourth-order valence-corrected chi connectivity index (χ4v) is 2.91. The molecule has 2 N–H and O–H groups in total. The molecule has 6 nitrogen and oxygen atoms in total. The van der Waals surface area contributed by atoms with Crippen molar-refractivity contribution in [3.8, 4) is 11.5 Å². The van der Waals surface area contributed by atoms with Crippen LogP contribution in [-0.4, -0.2) is 32.2 Å². The highest BCUT2D eigenvalue weighted by Crippen LogP contribution is 2.27. The van der Waals surface area contributed by atoms with Gasteiger partial charge in [0.1, 0.15) is 0 Å². The van der Waals surface area contributed by atoms with Crippen LogP contribution in [0.3, 0.4) is 0 Å². The molecule has 1 aromatic carbocycles. The third kappa shape index (κ3) is 4.86. The van der Waals surface area contributed by atoms with Crippen molar-refractivity contribution >= 4 is 17.3 Å². The Kier molecular flexibility index (Phi) is 6.87. The normalized spacial score (nSPS) is 11.2. The summed E-state index contributed by atoms with van der Waals surface area (Å²) in [5.74, 6) is 2.17. The van der Waals surface area contributed by atoms with Gasteiger partial charge in [-0.05, 0) is 24.1 Å². The number of ether oxygens (including phenoxy) is 2. The Hall–Kier alpha value is -2.28. The fourth-order valence-electron chi connectivity index (χ4n) is 2.16. The van der Waals surface area contributed by atoms with Crippen molar-refractivity contribution in [1.29, 1.82) is 0 Å². The molecule has 0 saturated carbocycles. The molecule has 2 aromatic rings. The Balaban J connectivity index is 1.89. The van der Waals surface area contributed by atoms with Crippen LogP contribution in [-0.2, 0) is 19.5 Å². The molecular formula is C17H24N4O2S. The number of benzene rings is 1. The van der Waals surface area contributed by atoms with Crippen molar-refractivity contribution in [3.05, 3.63) is 39.8 Å². The van der Waals surface area contributed by atoms with Gasteiger partial charge in [-0.1, -0.05) is 13.0 Å². The van der Waals surface area contributed by atoms with E-state index < -0.39 is 0 Å². The van der Waals surface area contributed by atoms with E-state index in [4.69, 9.17) is 9.47 Å². The molecular weight excluding hydrogens is 324 g/mol. The predicted octanol–water partition coefficient (Wildman–Crippen LogP) is 2.59. The Morgan fingerprint density at radius 3 is 2.54 bits per heavy atom. The van der Waals surface area contributed by atoms with E-state index in [0.717, 1.165) is 34.4 Å². The topological polar surface area (TPSA) is 67.8 Å². The summed E-state index contributed by atoms with van der Waals surface area (Å²) in [7, 11) is 5.01. The first-order valence-corrected chi connectivity index (χ1v) is 8.66. The summed E-state index contributed by atoms with van der Waals surface area (Å²) < 4.78 is 10.6. The second-order valence-corrected chi connectivity index (χ2v) is 6.00. The van der Waals surface area contributed by atoms with E-state index in [1.807, 2.05) is 18.2 Å². The molecule has 0 fully saturated rings. The second-order valence-electron chi connectivity index (χ2n) is 5.05. The Labute approximate surface area is 146 Å². The first-order valence-electron chi connectivity index (χ1n) is 7.78. The number of rotatable bonds is 7. The maximum atomic E-state index is 5.32. The van der Waals surface area contributed by atoms with Crippen LogP contribution < -0.4 is 20.1 Å². The molecule has 0 unspecified atom stereocenters. The van der Waals surface area contributed by atoms with E-state index in [0.29, 0.717) is 18.8 Å². The first-order chi connectivity index (χ1) is 11.7. The maximum Gasteiger partial charge on any atom is 0.191 e. The zero-order valence-electron chi connectivity index (χ0n) is 14.5. The third-order valence-electron chi connectivity index (χ3n) is 3.47. The zero-order chi connectivity index (χ0) is 17.4. The zero-order valence-corrected chi connectivity index (χ0v) is 15.4. The molecule has 0 amide bonds. The SMILES string of the molecule is CCc1nc(CNC(=NC)NCc2ccc(OC)c(OC)c2)cs1.